The van der Waals surface area contributed by atoms with Crippen molar-refractivity contribution in [2.24, 2.45) is 0 Å². The molecule has 0 aliphatic carbocycles. The average Bonchev–Trinajstić information content (AvgIpc) is 2.85. The highest BCUT2D eigenvalue weighted by atomic mass is 16.2. The van der Waals surface area contributed by atoms with E-state index in [1.165, 1.54) is 11.9 Å². The fraction of sp³-hybridized carbons (Fsp3) is 0.500. The third-order valence-corrected chi connectivity index (χ3v) is 2.69. The first-order chi connectivity index (χ1) is 7.68. The van der Waals surface area contributed by atoms with Crippen LogP contribution < -0.4 is 5.32 Å². The Kier molecular flexibility index (Phi) is 3.00. The number of hydrogen-bond acceptors (Lipinski definition) is 4. The Morgan fingerprint density at radius 3 is 3.00 bits per heavy atom. The maximum atomic E-state index is 11.5. The van der Waals surface area contributed by atoms with E-state index in [1.54, 1.807) is 12.4 Å². The van der Waals surface area contributed by atoms with Crippen LogP contribution in [0.4, 0.5) is 0 Å². The molecule has 1 atom stereocenters. The van der Waals surface area contributed by atoms with Crippen LogP contribution in [-0.4, -0.2) is 46.3 Å². The number of aromatic nitrogens is 2. The molecule has 2 heterocycles. The molecule has 0 aromatic carbocycles. The van der Waals surface area contributed by atoms with Crippen molar-refractivity contribution < 1.29 is 9.59 Å². The van der Waals surface area contributed by atoms with Crippen molar-refractivity contribution in [3.8, 4) is 0 Å². The lowest BCUT2D eigenvalue weighted by atomic mass is 10.2. The molecule has 1 fully saturated rings. The summed E-state index contributed by atoms with van der Waals surface area (Å²) in [6.07, 6.45) is 4.42. The van der Waals surface area contributed by atoms with Crippen molar-refractivity contribution in [3.63, 3.8) is 0 Å². The second-order valence-corrected chi connectivity index (χ2v) is 3.79. The van der Waals surface area contributed by atoms with Gasteiger partial charge in [0.05, 0.1) is 12.5 Å². The summed E-state index contributed by atoms with van der Waals surface area (Å²) in [5.74, 6) is 0.600. The highest BCUT2D eigenvalue weighted by Crippen LogP contribution is 2.10. The van der Waals surface area contributed by atoms with Crippen LogP contribution >= 0.6 is 0 Å². The van der Waals surface area contributed by atoms with E-state index in [0.717, 1.165) is 5.82 Å². The van der Waals surface area contributed by atoms with E-state index in [0.29, 0.717) is 13.0 Å². The number of amides is 2. The molecule has 2 amide bonds. The smallest absolute Gasteiger partial charge is 0.246 e. The number of carbonyl (C=O) groups excluding carboxylic acids is 2. The molecular formula is C10H14N4O2. The van der Waals surface area contributed by atoms with Gasteiger partial charge in [0.2, 0.25) is 11.8 Å². The van der Waals surface area contributed by atoms with Crippen LogP contribution in [-0.2, 0) is 16.0 Å². The summed E-state index contributed by atoms with van der Waals surface area (Å²) in [6.45, 7) is 0.630. The lowest BCUT2D eigenvalue weighted by Gasteiger charge is -2.09. The van der Waals surface area contributed by atoms with Crippen molar-refractivity contribution in [1.29, 1.82) is 0 Å². The number of nitrogens with one attached hydrogen (secondary N) is 2. The van der Waals surface area contributed by atoms with Gasteiger partial charge in [-0.2, -0.15) is 0 Å². The van der Waals surface area contributed by atoms with Crippen LogP contribution in [0.2, 0.25) is 0 Å². The van der Waals surface area contributed by atoms with E-state index in [2.05, 4.69) is 15.3 Å². The number of H-pyrrole nitrogens is 1. The van der Waals surface area contributed by atoms with Crippen LogP contribution in [0.5, 0.6) is 0 Å². The van der Waals surface area contributed by atoms with E-state index >= 15 is 0 Å². The van der Waals surface area contributed by atoms with Crippen molar-refractivity contribution in [1.82, 2.24) is 20.2 Å². The second-order valence-electron chi connectivity index (χ2n) is 3.79. The average molecular weight is 222 g/mol. The summed E-state index contributed by atoms with van der Waals surface area (Å²) in [5.41, 5.74) is 0. The van der Waals surface area contributed by atoms with Crippen LogP contribution in [0.1, 0.15) is 12.2 Å². The Balaban J connectivity index is 1.79. The predicted molar refractivity (Wildman–Crippen MR) is 56.5 cm³/mol. The molecule has 0 saturated carbocycles. The molecule has 6 nitrogen and oxygen atoms in total. The Hall–Kier alpha value is -1.69. The maximum Gasteiger partial charge on any atom is 0.246 e. The molecule has 1 aliphatic rings. The van der Waals surface area contributed by atoms with Gasteiger partial charge in [-0.3, -0.25) is 14.5 Å². The molecule has 2 rings (SSSR count). The standard InChI is InChI=1S/C10H14N4O2/c1-14-9(15)6-7(10(14)16)11-3-2-8-12-4-5-13-8/h4-5,7,11H,2-3,6H2,1H3,(H,12,13). The number of imide groups is 1. The normalized spacial score (nSPS) is 20.8. The van der Waals surface area contributed by atoms with Crippen molar-refractivity contribution >= 4 is 11.8 Å². The van der Waals surface area contributed by atoms with E-state index in [9.17, 15) is 9.59 Å². The number of aromatic amines is 1. The zero-order valence-corrected chi connectivity index (χ0v) is 9.06. The number of nitrogens with zero attached hydrogens (tertiary/aromatic N) is 2. The lowest BCUT2D eigenvalue weighted by molar-refractivity contribution is -0.137. The molecule has 2 N–H and O–H groups in total. The van der Waals surface area contributed by atoms with Gasteiger partial charge in [-0.15, -0.1) is 0 Å². The number of rotatable bonds is 4. The van der Waals surface area contributed by atoms with Gasteiger partial charge in [-0.05, 0) is 0 Å². The third kappa shape index (κ3) is 2.11. The number of likely N-dealkylation sites (tertiary alicyclic amines) is 1. The predicted octanol–water partition coefficient (Wildman–Crippen LogP) is -0.701. The van der Waals surface area contributed by atoms with E-state index in [4.69, 9.17) is 0 Å². The number of carbonyl (C=O) groups is 2. The molecule has 0 radical (unpaired) electrons. The van der Waals surface area contributed by atoms with Crippen molar-refractivity contribution in [3.05, 3.63) is 18.2 Å². The Morgan fingerprint density at radius 1 is 1.62 bits per heavy atom. The van der Waals surface area contributed by atoms with Gasteiger partial charge >= 0.3 is 0 Å². The number of imidazole rings is 1. The molecule has 1 saturated heterocycles. The fourth-order valence-corrected chi connectivity index (χ4v) is 1.71. The molecule has 1 unspecified atom stereocenters. The topological polar surface area (TPSA) is 78.1 Å². The van der Waals surface area contributed by atoms with Gasteiger partial charge in [0, 0.05) is 32.4 Å². The molecule has 86 valence electrons. The molecule has 1 aromatic rings. The molecule has 0 spiro atoms. The van der Waals surface area contributed by atoms with E-state index in [1.807, 2.05) is 0 Å². The summed E-state index contributed by atoms with van der Waals surface area (Å²) in [6, 6.07) is -0.368. The zero-order valence-electron chi connectivity index (χ0n) is 9.06. The molecule has 6 heteroatoms. The van der Waals surface area contributed by atoms with Gasteiger partial charge in [0.25, 0.3) is 0 Å². The van der Waals surface area contributed by atoms with Crippen molar-refractivity contribution in [2.75, 3.05) is 13.6 Å². The SMILES string of the molecule is CN1C(=O)CC(NCCc2ncc[nH]2)C1=O. The Bertz CT molecular complexity index is 388. The first-order valence-corrected chi connectivity index (χ1v) is 5.20. The minimum atomic E-state index is -0.368. The Morgan fingerprint density at radius 2 is 2.44 bits per heavy atom. The highest BCUT2D eigenvalue weighted by Gasteiger charge is 2.35. The molecule has 1 aliphatic heterocycles. The van der Waals surface area contributed by atoms with Gasteiger partial charge in [-0.1, -0.05) is 0 Å². The summed E-state index contributed by atoms with van der Waals surface area (Å²) < 4.78 is 0. The summed E-state index contributed by atoms with van der Waals surface area (Å²) >= 11 is 0. The van der Waals surface area contributed by atoms with Crippen molar-refractivity contribution in [2.45, 2.75) is 18.9 Å². The van der Waals surface area contributed by atoms with E-state index in [-0.39, 0.29) is 24.3 Å². The molecule has 16 heavy (non-hydrogen) atoms. The van der Waals surface area contributed by atoms with Crippen LogP contribution in [0.3, 0.4) is 0 Å². The molecule has 1 aromatic heterocycles. The van der Waals surface area contributed by atoms with Crippen LogP contribution in [0, 0.1) is 0 Å². The second kappa shape index (κ2) is 4.44. The molecular weight excluding hydrogens is 208 g/mol. The minimum absolute atomic E-state index is 0.125. The van der Waals surface area contributed by atoms with Gasteiger partial charge in [0.15, 0.2) is 0 Å². The minimum Gasteiger partial charge on any atom is -0.349 e. The fourth-order valence-electron chi connectivity index (χ4n) is 1.71. The maximum absolute atomic E-state index is 11.5. The summed E-state index contributed by atoms with van der Waals surface area (Å²) in [5, 5.41) is 3.06. The van der Waals surface area contributed by atoms with Crippen LogP contribution in [0.25, 0.3) is 0 Å². The van der Waals surface area contributed by atoms with Gasteiger partial charge in [-0.25, -0.2) is 4.98 Å². The highest BCUT2D eigenvalue weighted by molar-refractivity contribution is 6.05. The summed E-state index contributed by atoms with van der Waals surface area (Å²) in [7, 11) is 1.51. The number of hydrogen-bond donors (Lipinski definition) is 2. The van der Waals surface area contributed by atoms with Crippen LogP contribution in [0.15, 0.2) is 12.4 Å². The largest absolute Gasteiger partial charge is 0.349 e. The monoisotopic (exact) mass is 222 g/mol. The molecule has 0 bridgehead atoms. The first kappa shape index (κ1) is 10.8. The first-order valence-electron chi connectivity index (χ1n) is 5.20. The van der Waals surface area contributed by atoms with E-state index < -0.39 is 0 Å². The van der Waals surface area contributed by atoms with Gasteiger partial charge in [0.1, 0.15) is 5.82 Å². The summed E-state index contributed by atoms with van der Waals surface area (Å²) in [4.78, 5) is 31.0. The van der Waals surface area contributed by atoms with Gasteiger partial charge < -0.3 is 10.3 Å². The lowest BCUT2D eigenvalue weighted by Crippen LogP contribution is -2.38. The third-order valence-electron chi connectivity index (χ3n) is 2.69. The zero-order chi connectivity index (χ0) is 11.5. The quantitative estimate of drug-likeness (QED) is 0.660. The Labute approximate surface area is 93.0 Å². The number of likely N-dealkylation sites (N-methyl/N-ethyl adjacent to an activating group) is 1.